The number of anilines is 1. The number of ether oxygens (including phenoxy) is 1. The lowest BCUT2D eigenvalue weighted by Gasteiger charge is -2.13. The number of rotatable bonds is 5. The molecule has 0 heterocycles. The van der Waals surface area contributed by atoms with Gasteiger partial charge in [-0.3, -0.25) is 4.72 Å². The lowest BCUT2D eigenvalue weighted by Crippen LogP contribution is -2.36. The van der Waals surface area contributed by atoms with Gasteiger partial charge in [-0.2, -0.15) is 0 Å². The fourth-order valence-corrected chi connectivity index (χ4v) is 2.17. The number of methoxy groups -OCH3 is 1. The molecular formula is C9H11NO5S. The monoisotopic (exact) mass is 245 g/mol. The van der Waals surface area contributed by atoms with E-state index in [0.29, 0.717) is 0 Å². The third-order valence-corrected chi connectivity index (χ3v) is 3.21. The summed E-state index contributed by atoms with van der Waals surface area (Å²) in [4.78, 5) is 10.6. The molecule has 0 aliphatic rings. The molecule has 16 heavy (non-hydrogen) atoms. The van der Waals surface area contributed by atoms with Crippen LogP contribution in [0.1, 0.15) is 0 Å². The standard InChI is InChI=1S/C9H11NO5S/c1-15-9(8(11)12)16(13,14)10-7-5-3-2-4-6-7/h2-6,9-10H,1H3,(H,11,12). The van der Waals surface area contributed by atoms with Crippen LogP contribution in [0.2, 0.25) is 0 Å². The van der Waals surface area contributed by atoms with Gasteiger partial charge in [0.05, 0.1) is 0 Å². The number of sulfonamides is 1. The Balaban J connectivity index is 2.91. The van der Waals surface area contributed by atoms with Crippen molar-refractivity contribution in [3.05, 3.63) is 30.3 Å². The highest BCUT2D eigenvalue weighted by atomic mass is 32.2. The number of nitrogens with one attached hydrogen (secondary N) is 1. The third kappa shape index (κ3) is 2.94. The molecule has 88 valence electrons. The molecule has 1 aromatic rings. The molecule has 1 unspecified atom stereocenters. The van der Waals surface area contributed by atoms with Gasteiger partial charge in [-0.05, 0) is 12.1 Å². The zero-order chi connectivity index (χ0) is 12.2. The summed E-state index contributed by atoms with van der Waals surface area (Å²) >= 11 is 0. The molecule has 0 aliphatic heterocycles. The molecule has 0 bridgehead atoms. The zero-order valence-electron chi connectivity index (χ0n) is 8.45. The van der Waals surface area contributed by atoms with E-state index < -0.39 is 21.4 Å². The number of carbonyl (C=O) groups is 1. The minimum absolute atomic E-state index is 0.283. The summed E-state index contributed by atoms with van der Waals surface area (Å²) in [5.74, 6) is -1.56. The first-order valence-electron chi connectivity index (χ1n) is 4.29. The maximum absolute atomic E-state index is 11.6. The van der Waals surface area contributed by atoms with Crippen molar-refractivity contribution < 1.29 is 23.1 Å². The normalized spacial score (nSPS) is 13.1. The summed E-state index contributed by atoms with van der Waals surface area (Å²) in [6.45, 7) is 0. The number of aliphatic carboxylic acids is 1. The average Bonchev–Trinajstić information content (AvgIpc) is 2.18. The van der Waals surface area contributed by atoms with Gasteiger partial charge in [0.15, 0.2) is 0 Å². The molecule has 0 radical (unpaired) electrons. The van der Waals surface area contributed by atoms with Crippen LogP contribution in [-0.4, -0.2) is 32.0 Å². The summed E-state index contributed by atoms with van der Waals surface area (Å²) in [6, 6.07) is 7.97. The Morgan fingerprint density at radius 1 is 1.38 bits per heavy atom. The van der Waals surface area contributed by atoms with Gasteiger partial charge in [0.2, 0.25) is 0 Å². The Bertz CT molecular complexity index is 456. The van der Waals surface area contributed by atoms with Crippen LogP contribution < -0.4 is 4.72 Å². The van der Waals surface area contributed by atoms with E-state index in [-0.39, 0.29) is 5.69 Å². The first-order chi connectivity index (χ1) is 7.47. The summed E-state index contributed by atoms with van der Waals surface area (Å²) in [6.07, 6.45) is 0. The Labute approximate surface area is 92.9 Å². The van der Waals surface area contributed by atoms with Gasteiger partial charge in [0.25, 0.3) is 15.5 Å². The number of hydrogen-bond acceptors (Lipinski definition) is 4. The lowest BCUT2D eigenvalue weighted by atomic mass is 10.3. The largest absolute Gasteiger partial charge is 0.478 e. The van der Waals surface area contributed by atoms with Crippen LogP contribution in [0.3, 0.4) is 0 Å². The number of carboxylic acid groups (broad SMARTS) is 1. The van der Waals surface area contributed by atoms with Crippen LogP contribution in [-0.2, 0) is 19.6 Å². The number of benzene rings is 1. The first kappa shape index (κ1) is 12.5. The van der Waals surface area contributed by atoms with E-state index in [1.807, 2.05) is 0 Å². The topological polar surface area (TPSA) is 92.7 Å². The van der Waals surface area contributed by atoms with E-state index in [9.17, 15) is 13.2 Å². The minimum Gasteiger partial charge on any atom is -0.478 e. The molecule has 1 rings (SSSR count). The molecule has 0 aliphatic carbocycles. The second kappa shape index (κ2) is 4.95. The van der Waals surface area contributed by atoms with Crippen molar-refractivity contribution in [1.29, 1.82) is 0 Å². The van der Waals surface area contributed by atoms with E-state index in [1.165, 1.54) is 12.1 Å². The molecule has 0 amide bonds. The molecule has 2 N–H and O–H groups in total. The lowest BCUT2D eigenvalue weighted by molar-refractivity contribution is -0.143. The smallest absolute Gasteiger partial charge is 0.350 e. The Hall–Kier alpha value is -1.60. The molecule has 1 aromatic carbocycles. The second-order valence-electron chi connectivity index (χ2n) is 2.92. The fourth-order valence-electron chi connectivity index (χ4n) is 1.08. The molecule has 0 fully saturated rings. The maximum Gasteiger partial charge on any atom is 0.350 e. The number of para-hydroxylation sites is 1. The third-order valence-electron chi connectivity index (χ3n) is 1.73. The molecule has 0 aromatic heterocycles. The summed E-state index contributed by atoms with van der Waals surface area (Å²) in [5, 5.41) is 8.64. The van der Waals surface area contributed by atoms with E-state index >= 15 is 0 Å². The van der Waals surface area contributed by atoms with Crippen LogP contribution in [0.15, 0.2) is 30.3 Å². The Morgan fingerprint density at radius 2 is 1.94 bits per heavy atom. The Kier molecular flexibility index (Phi) is 3.86. The van der Waals surface area contributed by atoms with Crippen LogP contribution in [0.4, 0.5) is 5.69 Å². The molecular weight excluding hydrogens is 234 g/mol. The van der Waals surface area contributed by atoms with Gasteiger partial charge < -0.3 is 9.84 Å². The fraction of sp³-hybridized carbons (Fsp3) is 0.222. The highest BCUT2D eigenvalue weighted by Gasteiger charge is 2.32. The van der Waals surface area contributed by atoms with Gasteiger partial charge in [-0.1, -0.05) is 18.2 Å². The second-order valence-corrected chi connectivity index (χ2v) is 4.64. The molecule has 7 heteroatoms. The van der Waals surface area contributed by atoms with Crippen LogP contribution >= 0.6 is 0 Å². The van der Waals surface area contributed by atoms with Crippen molar-refractivity contribution in [2.45, 2.75) is 5.44 Å². The predicted octanol–water partition coefficient (Wildman–Crippen LogP) is 0.485. The molecule has 1 atom stereocenters. The minimum atomic E-state index is -4.10. The SMILES string of the molecule is COC(C(=O)O)S(=O)(=O)Nc1ccccc1. The average molecular weight is 245 g/mol. The summed E-state index contributed by atoms with van der Waals surface area (Å²) < 4.78 is 29.6. The van der Waals surface area contributed by atoms with Crippen molar-refractivity contribution in [2.75, 3.05) is 11.8 Å². The van der Waals surface area contributed by atoms with Gasteiger partial charge in [0.1, 0.15) is 0 Å². The van der Waals surface area contributed by atoms with Crippen LogP contribution in [0, 0.1) is 0 Å². The molecule has 6 nitrogen and oxygen atoms in total. The van der Waals surface area contributed by atoms with E-state index in [1.54, 1.807) is 18.2 Å². The van der Waals surface area contributed by atoms with Crippen molar-refractivity contribution >= 4 is 21.7 Å². The van der Waals surface area contributed by atoms with Gasteiger partial charge >= 0.3 is 5.97 Å². The molecule has 0 spiro atoms. The summed E-state index contributed by atoms with van der Waals surface area (Å²) in [5.41, 5.74) is -1.64. The van der Waals surface area contributed by atoms with Crippen molar-refractivity contribution in [2.24, 2.45) is 0 Å². The predicted molar refractivity (Wildman–Crippen MR) is 57.4 cm³/mol. The van der Waals surface area contributed by atoms with Gasteiger partial charge in [-0.25, -0.2) is 13.2 Å². The van der Waals surface area contributed by atoms with Gasteiger partial charge in [0, 0.05) is 12.8 Å². The van der Waals surface area contributed by atoms with Crippen molar-refractivity contribution in [3.8, 4) is 0 Å². The number of carboxylic acids is 1. The van der Waals surface area contributed by atoms with E-state index in [0.717, 1.165) is 7.11 Å². The number of hydrogen-bond donors (Lipinski definition) is 2. The Morgan fingerprint density at radius 3 is 2.38 bits per heavy atom. The van der Waals surface area contributed by atoms with Gasteiger partial charge in [-0.15, -0.1) is 0 Å². The van der Waals surface area contributed by atoms with Crippen LogP contribution in [0.25, 0.3) is 0 Å². The van der Waals surface area contributed by atoms with E-state index in [2.05, 4.69) is 9.46 Å². The summed E-state index contributed by atoms with van der Waals surface area (Å²) in [7, 11) is -3.08. The zero-order valence-corrected chi connectivity index (χ0v) is 9.27. The molecule has 0 saturated carbocycles. The van der Waals surface area contributed by atoms with Crippen molar-refractivity contribution in [3.63, 3.8) is 0 Å². The quantitative estimate of drug-likeness (QED) is 0.787. The molecule has 0 saturated heterocycles. The highest BCUT2D eigenvalue weighted by molar-refractivity contribution is 7.93. The maximum atomic E-state index is 11.6. The van der Waals surface area contributed by atoms with Crippen molar-refractivity contribution in [1.82, 2.24) is 0 Å². The highest BCUT2D eigenvalue weighted by Crippen LogP contribution is 2.11. The van der Waals surface area contributed by atoms with E-state index in [4.69, 9.17) is 5.11 Å². The first-order valence-corrected chi connectivity index (χ1v) is 5.84. The van der Waals surface area contributed by atoms with Crippen LogP contribution in [0.5, 0.6) is 0 Å².